The second-order valence-corrected chi connectivity index (χ2v) is 7.46. The zero-order valence-corrected chi connectivity index (χ0v) is 18.1. The Morgan fingerprint density at radius 3 is 2.26 bits per heavy atom. The van der Waals surface area contributed by atoms with Gasteiger partial charge in [-0.2, -0.15) is 5.10 Å². The van der Waals surface area contributed by atoms with Crippen LogP contribution in [0.4, 0.5) is 5.69 Å². The summed E-state index contributed by atoms with van der Waals surface area (Å²) >= 11 is 1.53. The normalized spacial score (nSPS) is 10.5. The molecule has 4 rings (SSSR count). The lowest BCUT2D eigenvalue weighted by Gasteiger charge is -2.14. The molecule has 31 heavy (non-hydrogen) atoms. The summed E-state index contributed by atoms with van der Waals surface area (Å²) in [5.41, 5.74) is 2.46. The van der Waals surface area contributed by atoms with Gasteiger partial charge < -0.3 is 19.5 Å². The molecule has 0 aliphatic rings. The molecule has 0 radical (unpaired) electrons. The van der Waals surface area contributed by atoms with Gasteiger partial charge in [0.25, 0.3) is 5.91 Å². The van der Waals surface area contributed by atoms with Crippen molar-refractivity contribution in [3.05, 3.63) is 71.7 Å². The van der Waals surface area contributed by atoms with Crippen LogP contribution in [0.15, 0.2) is 66.2 Å². The van der Waals surface area contributed by atoms with Gasteiger partial charge in [-0.25, -0.2) is 4.68 Å². The zero-order valence-electron chi connectivity index (χ0n) is 17.3. The van der Waals surface area contributed by atoms with Crippen LogP contribution in [-0.4, -0.2) is 37.0 Å². The van der Waals surface area contributed by atoms with Gasteiger partial charge in [0.05, 0.1) is 37.5 Å². The minimum Gasteiger partial charge on any atom is -0.493 e. The third kappa shape index (κ3) is 4.10. The smallest absolute Gasteiger partial charge is 0.259 e. The van der Waals surface area contributed by atoms with Gasteiger partial charge in [-0.3, -0.25) is 4.79 Å². The summed E-state index contributed by atoms with van der Waals surface area (Å²) in [6, 6.07) is 16.9. The van der Waals surface area contributed by atoms with Crippen LogP contribution in [0.1, 0.15) is 10.4 Å². The fourth-order valence-electron chi connectivity index (χ4n) is 3.20. The Kier molecular flexibility index (Phi) is 5.90. The Morgan fingerprint density at radius 2 is 1.68 bits per heavy atom. The highest BCUT2D eigenvalue weighted by molar-refractivity contribution is 7.13. The Morgan fingerprint density at radius 1 is 0.968 bits per heavy atom. The number of nitrogens with zero attached hydrogens (tertiary/aromatic N) is 2. The van der Waals surface area contributed by atoms with Gasteiger partial charge in [0.15, 0.2) is 11.5 Å². The maximum Gasteiger partial charge on any atom is 0.259 e. The van der Waals surface area contributed by atoms with Crippen LogP contribution < -0.4 is 19.5 Å². The Labute approximate surface area is 183 Å². The molecule has 2 aromatic heterocycles. The Hall–Kier alpha value is -3.78. The number of carbonyl (C=O) groups excluding carboxylic acids is 1. The number of amides is 1. The zero-order chi connectivity index (χ0) is 21.8. The quantitative estimate of drug-likeness (QED) is 0.448. The van der Waals surface area contributed by atoms with E-state index in [1.807, 2.05) is 47.8 Å². The minimum atomic E-state index is -0.292. The molecule has 1 N–H and O–H groups in total. The number of thiophene rings is 1. The number of aromatic nitrogens is 2. The van der Waals surface area contributed by atoms with Crippen molar-refractivity contribution in [1.29, 1.82) is 0 Å². The van der Waals surface area contributed by atoms with Gasteiger partial charge in [-0.1, -0.05) is 24.3 Å². The molecular formula is C23H21N3O4S. The summed E-state index contributed by atoms with van der Waals surface area (Å²) < 4.78 is 17.8. The highest BCUT2D eigenvalue weighted by atomic mass is 32.1. The molecule has 158 valence electrons. The fraction of sp³-hybridized carbons (Fsp3) is 0.130. The van der Waals surface area contributed by atoms with E-state index < -0.39 is 0 Å². The first-order valence-electron chi connectivity index (χ1n) is 9.45. The number of ether oxygens (including phenoxy) is 3. The first-order chi connectivity index (χ1) is 15.1. The van der Waals surface area contributed by atoms with E-state index in [1.54, 1.807) is 23.0 Å². The SMILES string of the molecule is COc1cc(NC(=O)c2cn(-c3ccccc3)nc2-c2cccs2)cc(OC)c1OC. The number of methoxy groups -OCH3 is 3. The molecular weight excluding hydrogens is 414 g/mol. The lowest BCUT2D eigenvalue weighted by Crippen LogP contribution is -2.12. The van der Waals surface area contributed by atoms with Crippen LogP contribution >= 0.6 is 11.3 Å². The molecule has 0 unspecified atom stereocenters. The van der Waals surface area contributed by atoms with Gasteiger partial charge in [0.2, 0.25) is 5.75 Å². The van der Waals surface area contributed by atoms with E-state index >= 15 is 0 Å². The summed E-state index contributed by atoms with van der Waals surface area (Å²) in [5, 5.41) is 9.56. The average Bonchev–Trinajstić information content (AvgIpc) is 3.49. The van der Waals surface area contributed by atoms with E-state index in [-0.39, 0.29) is 5.91 Å². The number of hydrogen-bond acceptors (Lipinski definition) is 6. The lowest BCUT2D eigenvalue weighted by molar-refractivity contribution is 0.102. The van der Waals surface area contributed by atoms with E-state index in [4.69, 9.17) is 14.2 Å². The van der Waals surface area contributed by atoms with Crippen molar-refractivity contribution in [2.45, 2.75) is 0 Å². The predicted molar refractivity (Wildman–Crippen MR) is 121 cm³/mol. The van der Waals surface area contributed by atoms with Crippen LogP contribution in [0.25, 0.3) is 16.3 Å². The van der Waals surface area contributed by atoms with E-state index in [0.717, 1.165) is 10.6 Å². The number of rotatable bonds is 7. The Balaban J connectivity index is 1.73. The molecule has 0 spiro atoms. The number of nitrogens with one attached hydrogen (secondary N) is 1. The van der Waals surface area contributed by atoms with Crippen molar-refractivity contribution in [2.24, 2.45) is 0 Å². The van der Waals surface area contributed by atoms with Crippen LogP contribution in [0.2, 0.25) is 0 Å². The topological polar surface area (TPSA) is 74.6 Å². The molecule has 0 saturated carbocycles. The molecule has 2 aromatic carbocycles. The molecule has 1 amide bonds. The summed E-state index contributed by atoms with van der Waals surface area (Å²) in [4.78, 5) is 14.2. The van der Waals surface area contributed by atoms with Gasteiger partial charge in [-0.15, -0.1) is 11.3 Å². The fourth-order valence-corrected chi connectivity index (χ4v) is 3.92. The van der Waals surface area contributed by atoms with Gasteiger partial charge in [0.1, 0.15) is 5.69 Å². The highest BCUT2D eigenvalue weighted by Crippen LogP contribution is 2.40. The molecule has 0 bridgehead atoms. The predicted octanol–water partition coefficient (Wildman–Crippen LogP) is 4.88. The number of carbonyl (C=O) groups is 1. The molecule has 2 heterocycles. The third-order valence-corrected chi connectivity index (χ3v) is 5.53. The largest absolute Gasteiger partial charge is 0.493 e. The van der Waals surface area contributed by atoms with E-state index in [2.05, 4.69) is 10.4 Å². The second-order valence-electron chi connectivity index (χ2n) is 6.52. The van der Waals surface area contributed by atoms with Crippen LogP contribution in [0.3, 0.4) is 0 Å². The third-order valence-electron chi connectivity index (χ3n) is 4.66. The first kappa shape index (κ1) is 20.5. The van der Waals surface area contributed by atoms with E-state index in [1.165, 1.54) is 32.7 Å². The van der Waals surface area contributed by atoms with Gasteiger partial charge in [0, 0.05) is 24.0 Å². The van der Waals surface area contributed by atoms with Crippen molar-refractivity contribution < 1.29 is 19.0 Å². The molecule has 0 aliphatic heterocycles. The molecule has 0 saturated heterocycles. The maximum atomic E-state index is 13.3. The molecule has 7 nitrogen and oxygen atoms in total. The highest BCUT2D eigenvalue weighted by Gasteiger charge is 2.21. The molecule has 8 heteroatoms. The lowest BCUT2D eigenvalue weighted by atomic mass is 10.2. The van der Waals surface area contributed by atoms with Crippen molar-refractivity contribution in [1.82, 2.24) is 9.78 Å². The molecule has 4 aromatic rings. The van der Waals surface area contributed by atoms with E-state index in [0.29, 0.717) is 34.2 Å². The number of hydrogen-bond donors (Lipinski definition) is 1. The first-order valence-corrected chi connectivity index (χ1v) is 10.3. The second kappa shape index (κ2) is 8.93. The van der Waals surface area contributed by atoms with Crippen LogP contribution in [0.5, 0.6) is 17.2 Å². The van der Waals surface area contributed by atoms with E-state index in [9.17, 15) is 4.79 Å². The van der Waals surface area contributed by atoms with Gasteiger partial charge >= 0.3 is 0 Å². The van der Waals surface area contributed by atoms with Crippen molar-refractivity contribution >= 4 is 22.9 Å². The number of anilines is 1. The number of para-hydroxylation sites is 1. The number of benzene rings is 2. The summed E-state index contributed by atoms with van der Waals surface area (Å²) in [6.07, 6.45) is 1.73. The molecule has 0 atom stereocenters. The monoisotopic (exact) mass is 435 g/mol. The summed E-state index contributed by atoms with van der Waals surface area (Å²) in [7, 11) is 4.59. The van der Waals surface area contributed by atoms with Crippen molar-refractivity contribution in [3.8, 4) is 33.5 Å². The standard InChI is InChI=1S/C23H21N3O4S/c1-28-18-12-15(13-19(29-2)22(18)30-3)24-23(27)17-14-26(16-8-5-4-6-9-16)25-21(17)20-10-7-11-31-20/h4-14H,1-3H3,(H,24,27). The maximum absolute atomic E-state index is 13.3. The molecule has 0 aliphatic carbocycles. The van der Waals surface area contributed by atoms with Crippen molar-refractivity contribution in [3.63, 3.8) is 0 Å². The summed E-state index contributed by atoms with van der Waals surface area (Å²) in [6.45, 7) is 0. The minimum absolute atomic E-state index is 0.292. The average molecular weight is 436 g/mol. The van der Waals surface area contributed by atoms with Gasteiger partial charge in [-0.05, 0) is 23.6 Å². The van der Waals surface area contributed by atoms with Crippen molar-refractivity contribution in [2.75, 3.05) is 26.6 Å². The van der Waals surface area contributed by atoms with Crippen LogP contribution in [0, 0.1) is 0 Å². The molecule has 0 fully saturated rings. The summed E-state index contributed by atoms with van der Waals surface area (Å²) in [5.74, 6) is 1.07. The van der Waals surface area contributed by atoms with Crippen LogP contribution in [-0.2, 0) is 0 Å². The Bertz CT molecular complexity index is 1160.